The fraction of sp³-hybridized carbons (Fsp3) is 0.160. The van der Waals surface area contributed by atoms with Crippen LogP contribution in [0.25, 0.3) is 5.57 Å². The summed E-state index contributed by atoms with van der Waals surface area (Å²) in [4.78, 5) is 15.3. The Morgan fingerprint density at radius 2 is 1.53 bits per heavy atom. The monoisotopic (exact) mass is 400 g/mol. The summed E-state index contributed by atoms with van der Waals surface area (Å²) >= 11 is 0. The van der Waals surface area contributed by atoms with Crippen LogP contribution in [-0.2, 0) is 4.79 Å². The SMILES string of the molecule is COc1ccc(C2C(N)=C(c3ccccc3)C(=O)N2c2ccc(C)cc2)cc1OC. The Kier molecular flexibility index (Phi) is 5.19. The van der Waals surface area contributed by atoms with Gasteiger partial charge in [0.15, 0.2) is 11.5 Å². The molecule has 1 aliphatic heterocycles. The van der Waals surface area contributed by atoms with E-state index in [2.05, 4.69) is 0 Å². The van der Waals surface area contributed by atoms with Crippen molar-refractivity contribution >= 4 is 17.2 Å². The van der Waals surface area contributed by atoms with Gasteiger partial charge < -0.3 is 15.2 Å². The fourth-order valence-corrected chi connectivity index (χ4v) is 3.86. The molecular weight excluding hydrogens is 376 g/mol. The highest BCUT2D eigenvalue weighted by Crippen LogP contribution is 2.44. The lowest BCUT2D eigenvalue weighted by Crippen LogP contribution is -2.31. The molecule has 1 heterocycles. The van der Waals surface area contributed by atoms with Crippen molar-refractivity contribution in [1.82, 2.24) is 0 Å². The first-order chi connectivity index (χ1) is 14.5. The van der Waals surface area contributed by atoms with Gasteiger partial charge in [0.05, 0.1) is 19.8 Å². The fourth-order valence-electron chi connectivity index (χ4n) is 3.86. The van der Waals surface area contributed by atoms with Crippen LogP contribution in [0.2, 0.25) is 0 Å². The molecule has 0 saturated heterocycles. The van der Waals surface area contributed by atoms with Crippen molar-refractivity contribution in [1.29, 1.82) is 0 Å². The standard InChI is InChI=1S/C25H24N2O3/c1-16-9-12-19(13-10-16)27-24(18-11-14-20(29-2)21(15-18)30-3)23(26)22(25(27)28)17-7-5-4-6-8-17/h4-15,24H,26H2,1-3H3. The third kappa shape index (κ3) is 3.28. The van der Waals surface area contributed by atoms with E-state index in [1.807, 2.05) is 79.7 Å². The highest BCUT2D eigenvalue weighted by Gasteiger charge is 2.40. The molecule has 0 fully saturated rings. The van der Waals surface area contributed by atoms with E-state index in [9.17, 15) is 4.79 Å². The number of carbonyl (C=O) groups is 1. The van der Waals surface area contributed by atoms with E-state index >= 15 is 0 Å². The van der Waals surface area contributed by atoms with Crippen LogP contribution in [0.5, 0.6) is 11.5 Å². The number of rotatable bonds is 5. The molecule has 4 rings (SSSR count). The first-order valence-corrected chi connectivity index (χ1v) is 9.72. The van der Waals surface area contributed by atoms with E-state index < -0.39 is 6.04 Å². The van der Waals surface area contributed by atoms with Gasteiger partial charge in [-0.1, -0.05) is 54.1 Å². The number of hydrogen-bond donors (Lipinski definition) is 1. The zero-order chi connectivity index (χ0) is 21.3. The summed E-state index contributed by atoms with van der Waals surface area (Å²) in [6.45, 7) is 2.02. The second-order valence-corrected chi connectivity index (χ2v) is 7.22. The molecule has 2 N–H and O–H groups in total. The van der Waals surface area contributed by atoms with Gasteiger partial charge in [0.2, 0.25) is 0 Å². The first kappa shape index (κ1) is 19.6. The zero-order valence-corrected chi connectivity index (χ0v) is 17.3. The highest BCUT2D eigenvalue weighted by molar-refractivity contribution is 6.30. The van der Waals surface area contributed by atoms with Crippen LogP contribution in [0.15, 0.2) is 78.5 Å². The summed E-state index contributed by atoms with van der Waals surface area (Å²) in [5, 5.41) is 0. The van der Waals surface area contributed by atoms with E-state index in [4.69, 9.17) is 15.2 Å². The molecule has 3 aromatic rings. The Bertz CT molecular complexity index is 1100. The molecule has 0 aromatic heterocycles. The predicted octanol–water partition coefficient (Wildman–Crippen LogP) is 4.47. The van der Waals surface area contributed by atoms with Crippen molar-refractivity contribution in [2.45, 2.75) is 13.0 Å². The van der Waals surface area contributed by atoms with Gasteiger partial charge in [-0.2, -0.15) is 0 Å². The summed E-state index contributed by atoms with van der Waals surface area (Å²) in [5.74, 6) is 1.09. The summed E-state index contributed by atoms with van der Waals surface area (Å²) in [7, 11) is 3.19. The molecule has 30 heavy (non-hydrogen) atoms. The number of amides is 1. The molecule has 0 saturated carbocycles. The van der Waals surface area contributed by atoms with Gasteiger partial charge >= 0.3 is 0 Å². The van der Waals surface area contributed by atoms with Crippen LogP contribution in [0, 0.1) is 6.92 Å². The number of carbonyl (C=O) groups excluding carboxylic acids is 1. The Hall–Kier alpha value is -3.73. The Morgan fingerprint density at radius 3 is 2.17 bits per heavy atom. The Labute approximate surface area is 176 Å². The minimum absolute atomic E-state index is 0.123. The molecule has 1 amide bonds. The van der Waals surface area contributed by atoms with E-state index in [0.29, 0.717) is 22.8 Å². The Balaban J connectivity index is 1.89. The molecule has 0 aliphatic carbocycles. The maximum absolute atomic E-state index is 13.6. The van der Waals surface area contributed by atoms with Crippen molar-refractivity contribution in [3.63, 3.8) is 0 Å². The molecule has 0 bridgehead atoms. The summed E-state index contributed by atoms with van der Waals surface area (Å²) < 4.78 is 10.8. The molecule has 5 nitrogen and oxygen atoms in total. The lowest BCUT2D eigenvalue weighted by Gasteiger charge is -2.27. The number of hydrogen-bond acceptors (Lipinski definition) is 4. The summed E-state index contributed by atoms with van der Waals surface area (Å²) in [6, 6.07) is 22.6. The number of ether oxygens (including phenoxy) is 2. The van der Waals surface area contributed by atoms with Gasteiger partial charge in [0.25, 0.3) is 5.91 Å². The lowest BCUT2D eigenvalue weighted by molar-refractivity contribution is -0.113. The quantitative estimate of drug-likeness (QED) is 0.686. The van der Waals surface area contributed by atoms with E-state index in [0.717, 1.165) is 22.4 Å². The molecule has 3 aromatic carbocycles. The highest BCUT2D eigenvalue weighted by atomic mass is 16.5. The van der Waals surface area contributed by atoms with Crippen molar-refractivity contribution in [2.24, 2.45) is 5.73 Å². The van der Waals surface area contributed by atoms with Crippen LogP contribution >= 0.6 is 0 Å². The van der Waals surface area contributed by atoms with Crippen LogP contribution in [0.3, 0.4) is 0 Å². The van der Waals surface area contributed by atoms with Crippen molar-refractivity contribution < 1.29 is 14.3 Å². The van der Waals surface area contributed by atoms with E-state index in [1.165, 1.54) is 0 Å². The van der Waals surface area contributed by atoms with Crippen molar-refractivity contribution in [3.05, 3.63) is 95.2 Å². The largest absolute Gasteiger partial charge is 0.493 e. The van der Waals surface area contributed by atoms with Gasteiger partial charge in [-0.3, -0.25) is 9.69 Å². The van der Waals surface area contributed by atoms with Gasteiger partial charge in [0.1, 0.15) is 6.04 Å². The van der Waals surface area contributed by atoms with Gasteiger partial charge in [-0.15, -0.1) is 0 Å². The van der Waals surface area contributed by atoms with Crippen molar-refractivity contribution in [2.75, 3.05) is 19.1 Å². The van der Waals surface area contributed by atoms with Crippen molar-refractivity contribution in [3.8, 4) is 11.5 Å². The zero-order valence-electron chi connectivity index (χ0n) is 17.3. The second-order valence-electron chi connectivity index (χ2n) is 7.22. The van der Waals surface area contributed by atoms with E-state index in [-0.39, 0.29) is 5.91 Å². The molecule has 0 radical (unpaired) electrons. The van der Waals surface area contributed by atoms with Gasteiger partial charge in [0, 0.05) is 11.4 Å². The third-order valence-electron chi connectivity index (χ3n) is 5.37. The summed E-state index contributed by atoms with van der Waals surface area (Å²) in [6.07, 6.45) is 0. The Morgan fingerprint density at radius 1 is 0.867 bits per heavy atom. The molecule has 5 heteroatoms. The molecule has 1 atom stereocenters. The smallest absolute Gasteiger partial charge is 0.261 e. The number of benzene rings is 3. The van der Waals surface area contributed by atoms with Crippen LogP contribution < -0.4 is 20.1 Å². The predicted molar refractivity (Wildman–Crippen MR) is 119 cm³/mol. The number of methoxy groups -OCH3 is 2. The topological polar surface area (TPSA) is 64.8 Å². The van der Waals surface area contributed by atoms with Gasteiger partial charge in [-0.25, -0.2) is 0 Å². The molecular formula is C25H24N2O3. The normalized spacial score (nSPS) is 16.2. The van der Waals surface area contributed by atoms with Gasteiger partial charge in [-0.05, 0) is 42.3 Å². The van der Waals surface area contributed by atoms with Crippen LogP contribution in [0.1, 0.15) is 22.7 Å². The minimum Gasteiger partial charge on any atom is -0.493 e. The first-order valence-electron chi connectivity index (χ1n) is 9.72. The number of aryl methyl sites for hydroxylation is 1. The average molecular weight is 400 g/mol. The van der Waals surface area contributed by atoms with Crippen LogP contribution in [0.4, 0.5) is 5.69 Å². The molecule has 152 valence electrons. The third-order valence-corrected chi connectivity index (χ3v) is 5.37. The number of anilines is 1. The molecule has 1 unspecified atom stereocenters. The lowest BCUT2D eigenvalue weighted by atomic mass is 9.99. The number of nitrogens with zero attached hydrogens (tertiary/aromatic N) is 1. The average Bonchev–Trinajstić information content (AvgIpc) is 3.04. The summed E-state index contributed by atoms with van der Waals surface area (Å²) in [5.41, 5.74) is 11.3. The van der Waals surface area contributed by atoms with E-state index in [1.54, 1.807) is 19.1 Å². The molecule has 1 aliphatic rings. The minimum atomic E-state index is -0.449. The molecule has 0 spiro atoms. The number of nitrogens with two attached hydrogens (primary N) is 1. The second kappa shape index (κ2) is 7.95. The van der Waals surface area contributed by atoms with Crippen LogP contribution in [-0.4, -0.2) is 20.1 Å². The maximum atomic E-state index is 13.6. The maximum Gasteiger partial charge on any atom is 0.261 e.